The first-order valence-electron chi connectivity index (χ1n) is 6.05. The number of non-ortho nitro benzene ring substituents is 1. The first-order valence-corrected chi connectivity index (χ1v) is 6.85. The molecule has 0 spiro atoms. The van der Waals surface area contributed by atoms with Gasteiger partial charge in [-0.3, -0.25) is 19.7 Å². The average Bonchev–Trinajstić information content (AvgIpc) is 2.40. The number of carbonyl (C=O) groups is 2. The van der Waals surface area contributed by atoms with E-state index in [0.717, 1.165) is 0 Å². The molecule has 0 fully saturated rings. The summed E-state index contributed by atoms with van der Waals surface area (Å²) in [6.45, 7) is 2.92. The van der Waals surface area contributed by atoms with Gasteiger partial charge in [-0.05, 0) is 19.4 Å². The van der Waals surface area contributed by atoms with Crippen molar-refractivity contribution in [3.05, 3.63) is 38.3 Å². The van der Waals surface area contributed by atoms with Crippen molar-refractivity contribution in [2.24, 2.45) is 5.41 Å². The molecule has 1 unspecified atom stereocenters. The third kappa shape index (κ3) is 3.78. The van der Waals surface area contributed by atoms with E-state index in [1.165, 1.54) is 25.1 Å². The maximum absolute atomic E-state index is 11.9. The summed E-state index contributed by atoms with van der Waals surface area (Å²) in [6.07, 6.45) is -0.139. The number of carbonyl (C=O) groups excluding carboxylic acids is 1. The molecule has 1 rings (SSSR count). The molecule has 1 aromatic carbocycles. The maximum Gasteiger partial charge on any atom is 0.323 e. The van der Waals surface area contributed by atoms with Gasteiger partial charge in [0.05, 0.1) is 11.5 Å². The Labute approximate surface area is 129 Å². The number of nitrogens with zero attached hydrogens (tertiary/aromatic N) is 1. The highest BCUT2D eigenvalue weighted by molar-refractivity contribution is 9.10. The van der Waals surface area contributed by atoms with Crippen molar-refractivity contribution in [2.45, 2.75) is 20.3 Å². The fourth-order valence-corrected chi connectivity index (χ4v) is 2.21. The summed E-state index contributed by atoms with van der Waals surface area (Å²) in [7, 11) is 0. The highest BCUT2D eigenvalue weighted by Crippen LogP contribution is 2.31. The summed E-state index contributed by atoms with van der Waals surface area (Å²) in [5.74, 6) is -2.16. The zero-order valence-electron chi connectivity index (χ0n) is 11.5. The zero-order chi connectivity index (χ0) is 16.2. The third-order valence-corrected chi connectivity index (χ3v) is 3.73. The summed E-state index contributed by atoms with van der Waals surface area (Å²) in [5, 5.41) is 20.0. The highest BCUT2D eigenvalue weighted by Gasteiger charge is 2.43. The van der Waals surface area contributed by atoms with Crippen LogP contribution in [-0.4, -0.2) is 28.6 Å². The van der Waals surface area contributed by atoms with E-state index >= 15 is 0 Å². The molecule has 0 bridgehead atoms. The van der Waals surface area contributed by atoms with Crippen molar-refractivity contribution >= 4 is 33.6 Å². The van der Waals surface area contributed by atoms with E-state index in [4.69, 9.17) is 4.74 Å². The smallest absolute Gasteiger partial charge is 0.323 e. The fraction of sp³-hybridized carbons (Fsp3) is 0.385. The van der Waals surface area contributed by atoms with Crippen LogP contribution < -0.4 is 0 Å². The molecule has 0 aliphatic rings. The Morgan fingerprint density at radius 3 is 2.52 bits per heavy atom. The largest absolute Gasteiger partial charge is 0.480 e. The van der Waals surface area contributed by atoms with E-state index in [2.05, 4.69) is 15.9 Å². The molecule has 0 aliphatic heterocycles. The fourth-order valence-electron chi connectivity index (χ4n) is 1.70. The quantitative estimate of drug-likeness (QED) is 0.362. The topological polar surface area (TPSA) is 107 Å². The number of hydrogen-bond donors (Lipinski definition) is 1. The SMILES string of the molecule is CCOC(=O)C(C)(Cc1ccc([N+](=O)[O-])cc1Br)C(=O)O. The normalized spacial score (nSPS) is 13.3. The lowest BCUT2D eigenvalue weighted by Gasteiger charge is -2.23. The molecule has 114 valence electrons. The molecule has 0 aromatic heterocycles. The number of aliphatic carboxylic acids is 1. The minimum atomic E-state index is -1.76. The van der Waals surface area contributed by atoms with Gasteiger partial charge in [0.15, 0.2) is 5.41 Å². The molecular weight excluding hydrogens is 346 g/mol. The number of rotatable bonds is 6. The predicted molar refractivity (Wildman–Crippen MR) is 76.9 cm³/mol. The Morgan fingerprint density at radius 2 is 2.10 bits per heavy atom. The Hall–Kier alpha value is -1.96. The van der Waals surface area contributed by atoms with Crippen LogP contribution in [0.3, 0.4) is 0 Å². The van der Waals surface area contributed by atoms with E-state index in [-0.39, 0.29) is 18.7 Å². The summed E-state index contributed by atoms with van der Waals surface area (Å²) in [4.78, 5) is 33.4. The molecule has 0 radical (unpaired) electrons. The van der Waals surface area contributed by atoms with Gasteiger partial charge in [0.2, 0.25) is 0 Å². The number of esters is 1. The van der Waals surface area contributed by atoms with Crippen molar-refractivity contribution < 1.29 is 24.4 Å². The lowest BCUT2D eigenvalue weighted by Crippen LogP contribution is -2.40. The molecule has 0 saturated carbocycles. The van der Waals surface area contributed by atoms with Gasteiger partial charge in [-0.15, -0.1) is 0 Å². The van der Waals surface area contributed by atoms with E-state index in [0.29, 0.717) is 10.0 Å². The number of hydrogen-bond acceptors (Lipinski definition) is 5. The summed E-state index contributed by atoms with van der Waals surface area (Å²) < 4.78 is 5.17. The molecule has 0 heterocycles. The molecule has 21 heavy (non-hydrogen) atoms. The summed E-state index contributed by atoms with van der Waals surface area (Å²) >= 11 is 3.16. The molecular formula is C13H14BrNO6. The van der Waals surface area contributed by atoms with Gasteiger partial charge in [0.1, 0.15) is 0 Å². The standard InChI is InChI=1S/C13H14BrNO6/c1-3-21-12(18)13(2,11(16)17)7-8-4-5-9(15(19)20)6-10(8)14/h4-6H,3,7H2,1-2H3,(H,16,17). The summed E-state index contributed by atoms with van der Waals surface area (Å²) in [6, 6.07) is 3.94. The van der Waals surface area contributed by atoms with Gasteiger partial charge in [-0.25, -0.2) is 0 Å². The van der Waals surface area contributed by atoms with Gasteiger partial charge in [-0.1, -0.05) is 22.0 Å². The molecule has 0 amide bonds. The second kappa shape index (κ2) is 6.66. The second-order valence-corrected chi connectivity index (χ2v) is 5.42. The number of benzene rings is 1. The van der Waals surface area contributed by atoms with Gasteiger partial charge in [0, 0.05) is 23.0 Å². The number of carboxylic acid groups (broad SMARTS) is 1. The lowest BCUT2D eigenvalue weighted by molar-refractivity contribution is -0.384. The molecule has 1 aromatic rings. The lowest BCUT2D eigenvalue weighted by atomic mass is 9.83. The van der Waals surface area contributed by atoms with Crippen molar-refractivity contribution in [1.82, 2.24) is 0 Å². The highest BCUT2D eigenvalue weighted by atomic mass is 79.9. The van der Waals surface area contributed by atoms with Crippen molar-refractivity contribution in [1.29, 1.82) is 0 Å². The first kappa shape index (κ1) is 17.1. The van der Waals surface area contributed by atoms with Crippen LogP contribution in [0.25, 0.3) is 0 Å². The van der Waals surface area contributed by atoms with Gasteiger partial charge >= 0.3 is 11.9 Å². The van der Waals surface area contributed by atoms with E-state index in [1.807, 2.05) is 0 Å². The van der Waals surface area contributed by atoms with Gasteiger partial charge < -0.3 is 9.84 Å². The second-order valence-electron chi connectivity index (χ2n) is 4.57. The van der Waals surface area contributed by atoms with Crippen LogP contribution in [0.1, 0.15) is 19.4 Å². The molecule has 7 nitrogen and oxygen atoms in total. The van der Waals surface area contributed by atoms with Crippen molar-refractivity contribution in [2.75, 3.05) is 6.61 Å². The van der Waals surface area contributed by atoms with Crippen LogP contribution in [0.4, 0.5) is 5.69 Å². The predicted octanol–water partition coefficient (Wildman–Crippen LogP) is 2.55. The third-order valence-electron chi connectivity index (χ3n) is 2.99. The van der Waals surface area contributed by atoms with Crippen molar-refractivity contribution in [3.8, 4) is 0 Å². The van der Waals surface area contributed by atoms with Crippen LogP contribution >= 0.6 is 15.9 Å². The maximum atomic E-state index is 11.9. The van der Waals surface area contributed by atoms with Crippen LogP contribution in [0.5, 0.6) is 0 Å². The monoisotopic (exact) mass is 359 g/mol. The van der Waals surface area contributed by atoms with E-state index < -0.39 is 22.3 Å². The molecule has 0 saturated heterocycles. The Kier molecular flexibility index (Phi) is 5.42. The minimum Gasteiger partial charge on any atom is -0.480 e. The number of halogens is 1. The van der Waals surface area contributed by atoms with Crippen LogP contribution in [0.2, 0.25) is 0 Å². The Morgan fingerprint density at radius 1 is 1.48 bits per heavy atom. The molecule has 8 heteroatoms. The van der Waals surface area contributed by atoms with Crippen LogP contribution in [0.15, 0.2) is 22.7 Å². The van der Waals surface area contributed by atoms with Crippen LogP contribution in [-0.2, 0) is 20.7 Å². The molecule has 1 atom stereocenters. The van der Waals surface area contributed by atoms with Gasteiger partial charge in [0.25, 0.3) is 5.69 Å². The molecule has 0 aliphatic carbocycles. The zero-order valence-corrected chi connectivity index (χ0v) is 13.0. The average molecular weight is 360 g/mol. The first-order chi connectivity index (χ1) is 9.72. The number of carboxylic acids is 1. The van der Waals surface area contributed by atoms with E-state index in [9.17, 15) is 24.8 Å². The Balaban J connectivity index is 3.13. The van der Waals surface area contributed by atoms with E-state index in [1.54, 1.807) is 6.92 Å². The van der Waals surface area contributed by atoms with Crippen LogP contribution in [0, 0.1) is 15.5 Å². The van der Waals surface area contributed by atoms with Crippen molar-refractivity contribution in [3.63, 3.8) is 0 Å². The number of nitro groups is 1. The van der Waals surface area contributed by atoms with Gasteiger partial charge in [-0.2, -0.15) is 0 Å². The summed E-state index contributed by atoms with van der Waals surface area (Å²) in [5.41, 5.74) is -1.41. The Bertz CT molecular complexity index is 588. The minimum absolute atomic E-state index is 0.0726. The number of ether oxygens (including phenoxy) is 1. The number of nitro benzene ring substituents is 1. The molecule has 1 N–H and O–H groups in total.